The number of aromatic nitrogens is 3. The lowest BCUT2D eigenvalue weighted by molar-refractivity contribution is -0.0384. The molecule has 1 aromatic carbocycles. The molecule has 0 amide bonds. The second kappa shape index (κ2) is 10.8. The molecule has 2 aromatic heterocycles. The molecule has 0 aliphatic carbocycles. The Hall–Kier alpha value is -2.52. The van der Waals surface area contributed by atoms with Crippen LogP contribution in [0.3, 0.4) is 0 Å². The van der Waals surface area contributed by atoms with Crippen molar-refractivity contribution in [3.63, 3.8) is 0 Å². The summed E-state index contributed by atoms with van der Waals surface area (Å²) in [6.45, 7) is 10.1. The van der Waals surface area contributed by atoms with Crippen LogP contribution in [0.5, 0.6) is 5.75 Å². The van der Waals surface area contributed by atoms with Crippen LogP contribution < -0.4 is 10.1 Å². The van der Waals surface area contributed by atoms with Gasteiger partial charge in [0.05, 0.1) is 23.2 Å². The van der Waals surface area contributed by atoms with E-state index in [2.05, 4.69) is 59.3 Å². The summed E-state index contributed by atoms with van der Waals surface area (Å²) >= 11 is 0. The molecular weight excluding hydrogens is 468 g/mol. The number of hydrogen-bond donors (Lipinski definition) is 1. The first kappa shape index (κ1) is 25.1. The van der Waals surface area contributed by atoms with Crippen molar-refractivity contribution in [2.75, 3.05) is 19.7 Å². The van der Waals surface area contributed by atoms with Gasteiger partial charge in [0.25, 0.3) is 0 Å². The quantitative estimate of drug-likeness (QED) is 0.398. The third-order valence-corrected chi connectivity index (χ3v) is 7.87. The van der Waals surface area contributed by atoms with Crippen LogP contribution in [0.2, 0.25) is 19.6 Å². The summed E-state index contributed by atoms with van der Waals surface area (Å²) in [5, 5.41) is 7.98. The zero-order chi connectivity index (χ0) is 25.0. The van der Waals surface area contributed by atoms with Gasteiger partial charge < -0.3 is 19.2 Å². The lowest BCUT2D eigenvalue weighted by Crippen LogP contribution is -2.47. The van der Waals surface area contributed by atoms with Crippen LogP contribution in [0.25, 0.3) is 11.4 Å². The maximum absolute atomic E-state index is 6.80. The van der Waals surface area contributed by atoms with E-state index in [1.54, 1.807) is 6.20 Å². The molecule has 192 valence electrons. The predicted octanol–water partition coefficient (Wildman–Crippen LogP) is 5.65. The highest BCUT2D eigenvalue weighted by molar-refractivity contribution is 6.69. The van der Waals surface area contributed by atoms with Gasteiger partial charge in [-0.3, -0.25) is 4.98 Å². The van der Waals surface area contributed by atoms with Crippen molar-refractivity contribution in [1.29, 1.82) is 0 Å². The van der Waals surface area contributed by atoms with E-state index in [-0.39, 0.29) is 11.8 Å². The average molecular weight is 507 g/mol. The molecular formula is C28H38N4O3Si. The van der Waals surface area contributed by atoms with Gasteiger partial charge in [-0.2, -0.15) is 5.10 Å². The minimum absolute atomic E-state index is 0.0121. The van der Waals surface area contributed by atoms with Crippen molar-refractivity contribution in [2.24, 2.45) is 0 Å². The maximum atomic E-state index is 6.80. The van der Waals surface area contributed by atoms with Crippen LogP contribution in [-0.2, 0) is 21.4 Å². The molecule has 2 fully saturated rings. The summed E-state index contributed by atoms with van der Waals surface area (Å²) < 4.78 is 20.8. The Labute approximate surface area is 215 Å². The van der Waals surface area contributed by atoms with Gasteiger partial charge in [-0.1, -0.05) is 18.2 Å². The van der Waals surface area contributed by atoms with Crippen molar-refractivity contribution in [1.82, 2.24) is 20.1 Å². The topological polar surface area (TPSA) is 70.4 Å². The number of benzene rings is 1. The Balaban J connectivity index is 1.27. The van der Waals surface area contributed by atoms with Gasteiger partial charge in [0.2, 0.25) is 0 Å². The van der Waals surface area contributed by atoms with E-state index >= 15 is 0 Å². The number of piperidine rings is 1. The number of pyridine rings is 1. The monoisotopic (exact) mass is 506 g/mol. The fraction of sp³-hybridized carbons (Fsp3) is 0.500. The smallest absolute Gasteiger partial charge is 0.184 e. The third-order valence-electron chi connectivity index (χ3n) is 6.87. The molecule has 2 saturated heterocycles. The van der Waals surface area contributed by atoms with Crippen molar-refractivity contribution in [3.05, 3.63) is 66.0 Å². The maximum Gasteiger partial charge on any atom is 0.184 e. The Morgan fingerprint density at radius 2 is 1.97 bits per heavy atom. The Morgan fingerprint density at radius 1 is 1.11 bits per heavy atom. The number of rotatable bonds is 8. The van der Waals surface area contributed by atoms with E-state index in [4.69, 9.17) is 13.9 Å². The van der Waals surface area contributed by atoms with Crippen LogP contribution in [0.15, 0.2) is 54.9 Å². The SMILES string of the molecule is C[Si](C)(C)OC1(c2cccc(COc3ccc(-c4ccnn4C4CCCCO4)nc3)c2)CCNCC1. The molecule has 0 spiro atoms. The normalized spacial score (nSPS) is 20.2. The van der Waals surface area contributed by atoms with Crippen molar-refractivity contribution >= 4 is 8.32 Å². The highest BCUT2D eigenvalue weighted by Gasteiger charge is 2.38. The predicted molar refractivity (Wildman–Crippen MR) is 143 cm³/mol. The molecule has 1 N–H and O–H groups in total. The number of hydrogen-bond acceptors (Lipinski definition) is 6. The zero-order valence-corrected chi connectivity index (χ0v) is 22.7. The van der Waals surface area contributed by atoms with Crippen molar-refractivity contribution < 1.29 is 13.9 Å². The molecule has 8 heteroatoms. The average Bonchev–Trinajstić information content (AvgIpc) is 3.38. The second-order valence-corrected chi connectivity index (χ2v) is 15.2. The third kappa shape index (κ3) is 5.89. The summed E-state index contributed by atoms with van der Waals surface area (Å²) in [7, 11) is -1.71. The summed E-state index contributed by atoms with van der Waals surface area (Å²) in [5.74, 6) is 0.749. The summed E-state index contributed by atoms with van der Waals surface area (Å²) in [4.78, 5) is 4.67. The molecule has 0 bridgehead atoms. The van der Waals surface area contributed by atoms with Crippen molar-refractivity contribution in [2.45, 2.75) is 70.2 Å². The molecule has 7 nitrogen and oxygen atoms in total. The van der Waals surface area contributed by atoms with Gasteiger partial charge in [-0.05, 0) is 100 Å². The number of ether oxygens (including phenoxy) is 2. The van der Waals surface area contributed by atoms with Gasteiger partial charge in [0, 0.05) is 12.8 Å². The minimum atomic E-state index is -1.71. The largest absolute Gasteiger partial charge is 0.487 e. The minimum Gasteiger partial charge on any atom is -0.487 e. The molecule has 1 atom stereocenters. The van der Waals surface area contributed by atoms with Gasteiger partial charge in [-0.25, -0.2) is 4.68 Å². The zero-order valence-electron chi connectivity index (χ0n) is 21.7. The van der Waals surface area contributed by atoms with Crippen molar-refractivity contribution in [3.8, 4) is 17.1 Å². The van der Waals surface area contributed by atoms with Crippen LogP contribution in [-0.4, -0.2) is 42.8 Å². The molecule has 5 rings (SSSR count). The molecule has 36 heavy (non-hydrogen) atoms. The number of nitrogens with one attached hydrogen (secondary N) is 1. The van der Waals surface area contributed by atoms with Crippen LogP contribution in [0.4, 0.5) is 0 Å². The lowest BCUT2D eigenvalue weighted by atomic mass is 9.84. The number of nitrogens with zero attached hydrogens (tertiary/aromatic N) is 3. The molecule has 1 unspecified atom stereocenters. The van der Waals surface area contributed by atoms with Crippen LogP contribution in [0.1, 0.15) is 49.5 Å². The fourth-order valence-corrected chi connectivity index (χ4v) is 6.75. The molecule has 4 heterocycles. The molecule has 0 saturated carbocycles. The molecule has 0 radical (unpaired) electrons. The summed E-state index contributed by atoms with van der Waals surface area (Å²) in [5.41, 5.74) is 4.03. The highest BCUT2D eigenvalue weighted by Crippen LogP contribution is 2.38. The van der Waals surface area contributed by atoms with E-state index < -0.39 is 8.32 Å². The van der Waals surface area contributed by atoms with Gasteiger partial charge in [0.1, 0.15) is 12.4 Å². The molecule has 2 aliphatic rings. The van der Waals surface area contributed by atoms with Crippen LogP contribution in [0, 0.1) is 0 Å². The second-order valence-electron chi connectivity index (χ2n) is 10.8. The van der Waals surface area contributed by atoms with Gasteiger partial charge >= 0.3 is 0 Å². The molecule has 2 aliphatic heterocycles. The van der Waals surface area contributed by atoms with E-state index in [9.17, 15) is 0 Å². The van der Waals surface area contributed by atoms with Gasteiger partial charge in [-0.15, -0.1) is 0 Å². The van der Waals surface area contributed by atoms with E-state index in [1.165, 1.54) is 5.56 Å². The summed E-state index contributed by atoms with van der Waals surface area (Å²) in [6, 6.07) is 14.7. The standard InChI is InChI=1S/C28H38N4O3Si/c1-36(2,3)35-28(13-16-29-17-14-28)23-8-6-7-22(19-23)21-34-24-10-11-25(30-20-24)26-12-15-31-32(26)27-9-4-5-18-33-27/h6-8,10-12,15,19-20,27,29H,4-5,9,13-14,16-18,21H2,1-3H3. The fourth-order valence-electron chi connectivity index (χ4n) is 5.26. The lowest BCUT2D eigenvalue weighted by Gasteiger charge is -2.43. The first-order chi connectivity index (χ1) is 17.4. The van der Waals surface area contributed by atoms with E-state index in [1.807, 2.05) is 29.1 Å². The Morgan fingerprint density at radius 3 is 2.69 bits per heavy atom. The Kier molecular flexibility index (Phi) is 7.57. The Bertz CT molecular complexity index is 1130. The summed E-state index contributed by atoms with van der Waals surface area (Å²) in [6.07, 6.45) is 8.84. The molecule has 3 aromatic rings. The first-order valence-electron chi connectivity index (χ1n) is 13.2. The van der Waals surface area contributed by atoms with Gasteiger partial charge in [0.15, 0.2) is 14.5 Å². The first-order valence-corrected chi connectivity index (χ1v) is 16.6. The van der Waals surface area contributed by atoms with E-state index in [0.29, 0.717) is 6.61 Å². The van der Waals surface area contributed by atoms with Crippen LogP contribution >= 0.6 is 0 Å². The highest BCUT2D eigenvalue weighted by atomic mass is 28.4. The van der Waals surface area contributed by atoms with E-state index in [0.717, 1.165) is 74.5 Å².